The van der Waals surface area contributed by atoms with E-state index in [0.29, 0.717) is 6.04 Å². The molecule has 1 nitrogen and oxygen atoms in total. The number of piperidine rings is 1. The van der Waals surface area contributed by atoms with E-state index in [0.717, 1.165) is 17.2 Å². The number of benzene rings is 2. The molecule has 120 valence electrons. The van der Waals surface area contributed by atoms with E-state index >= 15 is 0 Å². The molecule has 2 aromatic carbocycles. The van der Waals surface area contributed by atoms with Crippen LogP contribution < -0.4 is 0 Å². The Morgan fingerprint density at radius 1 is 0.957 bits per heavy atom. The normalized spacial score (nSPS) is 28.7. The molecule has 0 radical (unpaired) electrons. The molecule has 1 saturated heterocycles. The Labute approximate surface area is 144 Å². The summed E-state index contributed by atoms with van der Waals surface area (Å²) in [5.41, 5.74) is 1.46. The van der Waals surface area contributed by atoms with Crippen LogP contribution in [0.15, 0.2) is 65.6 Å². The van der Waals surface area contributed by atoms with Gasteiger partial charge in [-0.05, 0) is 49.8 Å². The molecule has 0 aromatic heterocycles. The predicted molar refractivity (Wildman–Crippen MR) is 98.8 cm³/mol. The molecule has 0 N–H and O–H groups in total. The molecule has 23 heavy (non-hydrogen) atoms. The van der Waals surface area contributed by atoms with E-state index in [2.05, 4.69) is 84.2 Å². The summed E-state index contributed by atoms with van der Waals surface area (Å²) in [4.78, 5) is 4.20. The zero-order chi connectivity index (χ0) is 15.6. The van der Waals surface area contributed by atoms with E-state index < -0.39 is 0 Å². The first kappa shape index (κ1) is 15.3. The fourth-order valence-electron chi connectivity index (χ4n) is 4.34. The molecule has 4 rings (SSSR count). The molecule has 0 spiro atoms. The van der Waals surface area contributed by atoms with Crippen molar-refractivity contribution >= 4 is 11.8 Å². The highest BCUT2D eigenvalue weighted by Crippen LogP contribution is 2.46. The van der Waals surface area contributed by atoms with Crippen molar-refractivity contribution in [1.29, 1.82) is 0 Å². The van der Waals surface area contributed by atoms with Crippen LogP contribution in [0.4, 0.5) is 0 Å². The molecule has 1 heterocycles. The highest BCUT2D eigenvalue weighted by atomic mass is 32.2. The maximum Gasteiger partial charge on any atom is 0.0323 e. The lowest BCUT2D eigenvalue weighted by molar-refractivity contribution is 0.115. The van der Waals surface area contributed by atoms with Crippen molar-refractivity contribution in [1.82, 2.24) is 4.90 Å². The zero-order valence-corrected chi connectivity index (χ0v) is 14.6. The van der Waals surface area contributed by atoms with E-state index in [-0.39, 0.29) is 0 Å². The molecule has 0 amide bonds. The Balaban J connectivity index is 1.52. The number of fused-ring (bicyclic) bond motifs is 2. The van der Waals surface area contributed by atoms with Gasteiger partial charge in [-0.25, -0.2) is 0 Å². The minimum Gasteiger partial charge on any atom is -0.293 e. The van der Waals surface area contributed by atoms with Gasteiger partial charge in [0.25, 0.3) is 0 Å². The standard InChI is InChI=1S/C21H25NS/c1-16(17-8-4-2-5-9-17)22-15-21(18-12-13-19(22)14-18)23-20-10-6-3-7-11-20/h2-11,16,18-19,21H,12-15H2,1H3/t16-,18+,19-,21+/m0/s1. The van der Waals surface area contributed by atoms with Crippen LogP contribution in [0.25, 0.3) is 0 Å². The summed E-state index contributed by atoms with van der Waals surface area (Å²) in [5.74, 6) is 0.907. The van der Waals surface area contributed by atoms with Gasteiger partial charge >= 0.3 is 0 Å². The summed E-state index contributed by atoms with van der Waals surface area (Å²) in [6.45, 7) is 3.61. The third-order valence-corrected chi connectivity index (χ3v) is 7.02. The van der Waals surface area contributed by atoms with Gasteiger partial charge in [0.15, 0.2) is 0 Å². The molecule has 2 bridgehead atoms. The summed E-state index contributed by atoms with van der Waals surface area (Å²) >= 11 is 2.10. The van der Waals surface area contributed by atoms with Crippen molar-refractivity contribution in [3.05, 3.63) is 66.2 Å². The van der Waals surface area contributed by atoms with Gasteiger partial charge in [-0.3, -0.25) is 4.90 Å². The maximum atomic E-state index is 2.78. The second-order valence-corrected chi connectivity index (χ2v) is 8.29. The lowest BCUT2D eigenvalue weighted by Gasteiger charge is -2.42. The topological polar surface area (TPSA) is 3.24 Å². The van der Waals surface area contributed by atoms with Crippen molar-refractivity contribution in [2.45, 2.75) is 48.4 Å². The number of rotatable bonds is 4. The SMILES string of the molecule is C[C@@H](c1ccccc1)N1C[C@@H](Sc2ccccc2)[C@@H]2CC[C@H]1C2. The predicted octanol–water partition coefficient (Wildman–Crippen LogP) is 5.39. The molecular formula is C21H25NS. The maximum absolute atomic E-state index is 2.78. The van der Waals surface area contributed by atoms with Crippen LogP contribution >= 0.6 is 11.8 Å². The van der Waals surface area contributed by atoms with Crippen molar-refractivity contribution in [2.24, 2.45) is 5.92 Å². The highest BCUT2D eigenvalue weighted by molar-refractivity contribution is 8.00. The Morgan fingerprint density at radius 2 is 1.65 bits per heavy atom. The van der Waals surface area contributed by atoms with Gasteiger partial charge in [-0.1, -0.05) is 48.5 Å². The van der Waals surface area contributed by atoms with Gasteiger partial charge in [0.1, 0.15) is 0 Å². The quantitative estimate of drug-likeness (QED) is 0.742. The molecule has 2 aromatic rings. The van der Waals surface area contributed by atoms with E-state index in [9.17, 15) is 0 Å². The van der Waals surface area contributed by atoms with Gasteiger partial charge in [-0.2, -0.15) is 0 Å². The van der Waals surface area contributed by atoms with Crippen molar-refractivity contribution < 1.29 is 0 Å². The largest absolute Gasteiger partial charge is 0.293 e. The molecule has 0 unspecified atom stereocenters. The summed E-state index contributed by atoms with van der Waals surface area (Å²) in [6.07, 6.45) is 4.18. The van der Waals surface area contributed by atoms with Gasteiger partial charge in [0.05, 0.1) is 0 Å². The van der Waals surface area contributed by atoms with Gasteiger partial charge < -0.3 is 0 Å². The van der Waals surface area contributed by atoms with Gasteiger partial charge in [0.2, 0.25) is 0 Å². The smallest absolute Gasteiger partial charge is 0.0323 e. The molecular weight excluding hydrogens is 298 g/mol. The fourth-order valence-corrected chi connectivity index (χ4v) is 5.69. The van der Waals surface area contributed by atoms with Crippen molar-refractivity contribution in [3.63, 3.8) is 0 Å². The average Bonchev–Trinajstić information content (AvgIpc) is 3.03. The summed E-state index contributed by atoms with van der Waals surface area (Å²) in [5, 5.41) is 0.738. The van der Waals surface area contributed by atoms with E-state index in [1.807, 2.05) is 0 Å². The second kappa shape index (κ2) is 6.70. The van der Waals surface area contributed by atoms with E-state index in [1.54, 1.807) is 0 Å². The third kappa shape index (κ3) is 3.20. The molecule has 2 fully saturated rings. The summed E-state index contributed by atoms with van der Waals surface area (Å²) in [6, 6.07) is 23.3. The molecule has 2 heteroatoms. The Hall–Kier alpha value is -1.25. The Bertz CT molecular complexity index is 627. The first-order chi connectivity index (χ1) is 11.3. The zero-order valence-electron chi connectivity index (χ0n) is 13.8. The van der Waals surface area contributed by atoms with Gasteiger partial charge in [-0.15, -0.1) is 11.8 Å². The van der Waals surface area contributed by atoms with Crippen LogP contribution in [0.5, 0.6) is 0 Å². The van der Waals surface area contributed by atoms with Crippen LogP contribution in [0, 0.1) is 5.92 Å². The van der Waals surface area contributed by atoms with E-state index in [1.165, 1.54) is 36.3 Å². The number of likely N-dealkylation sites (tertiary alicyclic amines) is 1. The number of hydrogen-bond donors (Lipinski definition) is 0. The highest BCUT2D eigenvalue weighted by Gasteiger charge is 2.42. The van der Waals surface area contributed by atoms with Crippen LogP contribution in [0.2, 0.25) is 0 Å². The Kier molecular flexibility index (Phi) is 4.46. The lowest BCUT2D eigenvalue weighted by Crippen LogP contribution is -2.45. The average molecular weight is 324 g/mol. The second-order valence-electron chi connectivity index (χ2n) is 6.98. The first-order valence-corrected chi connectivity index (χ1v) is 9.71. The number of hydrogen-bond acceptors (Lipinski definition) is 2. The Morgan fingerprint density at radius 3 is 2.39 bits per heavy atom. The van der Waals surface area contributed by atoms with Gasteiger partial charge in [0, 0.05) is 28.8 Å². The lowest BCUT2D eigenvalue weighted by atomic mass is 9.95. The summed E-state index contributed by atoms with van der Waals surface area (Å²) < 4.78 is 0. The fraction of sp³-hybridized carbons (Fsp3) is 0.429. The number of nitrogens with zero attached hydrogens (tertiary/aromatic N) is 1. The monoisotopic (exact) mass is 323 g/mol. The molecule has 1 aliphatic heterocycles. The molecule has 1 saturated carbocycles. The third-order valence-electron chi connectivity index (χ3n) is 5.64. The molecule has 2 aliphatic rings. The number of thioether (sulfide) groups is 1. The van der Waals surface area contributed by atoms with Crippen LogP contribution in [0.3, 0.4) is 0 Å². The first-order valence-electron chi connectivity index (χ1n) is 8.83. The summed E-state index contributed by atoms with van der Waals surface area (Å²) in [7, 11) is 0. The van der Waals surface area contributed by atoms with Crippen molar-refractivity contribution in [3.8, 4) is 0 Å². The molecule has 1 aliphatic carbocycles. The van der Waals surface area contributed by atoms with Crippen LogP contribution in [-0.4, -0.2) is 22.7 Å². The van der Waals surface area contributed by atoms with Crippen molar-refractivity contribution in [2.75, 3.05) is 6.54 Å². The van der Waals surface area contributed by atoms with Crippen LogP contribution in [0.1, 0.15) is 37.8 Å². The molecule has 4 atom stereocenters. The minimum absolute atomic E-state index is 0.527. The van der Waals surface area contributed by atoms with Crippen LogP contribution in [-0.2, 0) is 0 Å². The minimum atomic E-state index is 0.527. The van der Waals surface area contributed by atoms with E-state index in [4.69, 9.17) is 0 Å².